The molecule has 1 saturated carbocycles. The lowest BCUT2D eigenvalue weighted by atomic mass is 9.97. The molecule has 0 saturated heterocycles. The zero-order chi connectivity index (χ0) is 13.8. The number of hydrogen-bond donors (Lipinski definition) is 0. The predicted octanol–water partition coefficient (Wildman–Crippen LogP) is 3.50. The first-order valence-corrected chi connectivity index (χ1v) is 7.42. The van der Waals surface area contributed by atoms with E-state index in [9.17, 15) is 14.9 Å². The molecule has 6 heteroatoms. The summed E-state index contributed by atoms with van der Waals surface area (Å²) >= 11 is 2.32. The van der Waals surface area contributed by atoms with Gasteiger partial charge in [0.2, 0.25) is 0 Å². The van der Waals surface area contributed by atoms with Gasteiger partial charge in [0.15, 0.2) is 0 Å². The number of carbonyl (C=O) groups excluding carboxylic acids is 1. The Morgan fingerprint density at radius 1 is 1.26 bits per heavy atom. The zero-order valence-electron chi connectivity index (χ0n) is 10.3. The second-order valence-corrected chi connectivity index (χ2v) is 6.15. The van der Waals surface area contributed by atoms with Crippen molar-refractivity contribution in [1.82, 2.24) is 0 Å². The van der Waals surface area contributed by atoms with Crippen LogP contribution in [0.3, 0.4) is 0 Å². The Morgan fingerprint density at radius 2 is 1.89 bits per heavy atom. The molecule has 19 heavy (non-hydrogen) atoms. The Balaban J connectivity index is 2.01. The fourth-order valence-corrected chi connectivity index (χ4v) is 3.06. The fraction of sp³-hybridized carbons (Fsp3) is 0.462. The third-order valence-corrected chi connectivity index (χ3v) is 4.62. The van der Waals surface area contributed by atoms with Crippen molar-refractivity contribution < 1.29 is 14.5 Å². The number of non-ortho nitro benzene ring substituents is 1. The maximum absolute atomic E-state index is 11.9. The number of nitrogens with zero attached hydrogens (tertiary/aromatic N) is 1. The largest absolute Gasteiger partial charge is 0.458 e. The van der Waals surface area contributed by atoms with Gasteiger partial charge in [0, 0.05) is 16.1 Å². The van der Waals surface area contributed by atoms with Gasteiger partial charge in [-0.05, 0) is 31.4 Å². The fourth-order valence-electron chi connectivity index (χ4n) is 2.11. The number of carbonyl (C=O) groups is 1. The summed E-state index contributed by atoms with van der Waals surface area (Å²) in [5, 5.41) is 10.5. The zero-order valence-corrected chi connectivity index (χ0v) is 12.4. The number of nitro groups is 1. The predicted molar refractivity (Wildman–Crippen MR) is 78.6 cm³/mol. The van der Waals surface area contributed by atoms with Crippen LogP contribution >= 0.6 is 22.6 Å². The van der Waals surface area contributed by atoms with E-state index in [1.165, 1.54) is 30.7 Å². The van der Waals surface area contributed by atoms with E-state index in [0.717, 1.165) is 19.3 Å². The number of rotatable bonds is 3. The molecular formula is C13H14INO4. The molecule has 1 aromatic rings. The maximum atomic E-state index is 11.9. The van der Waals surface area contributed by atoms with Gasteiger partial charge in [-0.2, -0.15) is 0 Å². The monoisotopic (exact) mass is 375 g/mol. The quantitative estimate of drug-likeness (QED) is 0.267. The minimum atomic E-state index is -0.489. The summed E-state index contributed by atoms with van der Waals surface area (Å²) in [5.41, 5.74) is 0.334. The lowest BCUT2D eigenvalue weighted by molar-refractivity contribution is -0.384. The van der Waals surface area contributed by atoms with Crippen LogP contribution in [-0.4, -0.2) is 20.9 Å². The lowest BCUT2D eigenvalue weighted by Gasteiger charge is -2.27. The summed E-state index contributed by atoms with van der Waals surface area (Å²) in [6, 6.07) is 5.51. The smallest absolute Gasteiger partial charge is 0.338 e. The maximum Gasteiger partial charge on any atom is 0.338 e. The Morgan fingerprint density at radius 3 is 2.47 bits per heavy atom. The Kier molecular flexibility index (Phi) is 4.73. The van der Waals surface area contributed by atoms with Crippen molar-refractivity contribution in [2.75, 3.05) is 0 Å². The van der Waals surface area contributed by atoms with Crippen LogP contribution in [0, 0.1) is 10.1 Å². The van der Waals surface area contributed by atoms with E-state index in [1.54, 1.807) is 0 Å². The summed E-state index contributed by atoms with van der Waals surface area (Å²) < 4.78 is 5.83. The first-order chi connectivity index (χ1) is 9.08. The summed E-state index contributed by atoms with van der Waals surface area (Å²) in [6.45, 7) is 0. The standard InChI is InChI=1S/C13H14INO4/c14-11-3-1-2-4-12(11)19-13(16)9-5-7-10(8-6-9)15(17)18/h5-8,11-12H,1-4H2/t11-,12+/m0/s1. The van der Waals surface area contributed by atoms with Gasteiger partial charge in [-0.3, -0.25) is 10.1 Å². The van der Waals surface area contributed by atoms with Crippen molar-refractivity contribution >= 4 is 34.2 Å². The highest BCUT2D eigenvalue weighted by Gasteiger charge is 2.26. The van der Waals surface area contributed by atoms with Crippen LogP contribution in [0.25, 0.3) is 0 Å². The molecule has 0 unspecified atom stereocenters. The van der Waals surface area contributed by atoms with Gasteiger partial charge in [-0.1, -0.05) is 29.0 Å². The van der Waals surface area contributed by atoms with Crippen LogP contribution in [0.4, 0.5) is 5.69 Å². The van der Waals surface area contributed by atoms with Crippen molar-refractivity contribution in [2.45, 2.75) is 35.7 Å². The molecule has 0 amide bonds. The van der Waals surface area contributed by atoms with Crippen LogP contribution in [0.2, 0.25) is 0 Å². The molecule has 1 aromatic carbocycles. The molecule has 1 fully saturated rings. The highest BCUT2D eigenvalue weighted by Crippen LogP contribution is 2.28. The van der Waals surface area contributed by atoms with E-state index in [-0.39, 0.29) is 11.8 Å². The van der Waals surface area contributed by atoms with Crippen molar-refractivity contribution in [2.24, 2.45) is 0 Å². The van der Waals surface area contributed by atoms with Gasteiger partial charge >= 0.3 is 5.97 Å². The summed E-state index contributed by atoms with van der Waals surface area (Å²) in [7, 11) is 0. The number of benzene rings is 1. The highest BCUT2D eigenvalue weighted by molar-refractivity contribution is 14.1. The van der Waals surface area contributed by atoms with Crippen molar-refractivity contribution in [1.29, 1.82) is 0 Å². The van der Waals surface area contributed by atoms with E-state index < -0.39 is 10.9 Å². The van der Waals surface area contributed by atoms with Crippen LogP contribution in [0.1, 0.15) is 36.0 Å². The minimum Gasteiger partial charge on any atom is -0.458 e. The molecule has 5 nitrogen and oxygen atoms in total. The first kappa shape index (κ1) is 14.2. The van der Waals surface area contributed by atoms with E-state index in [1.807, 2.05) is 0 Å². The van der Waals surface area contributed by atoms with Crippen LogP contribution in [-0.2, 0) is 4.74 Å². The normalized spacial score (nSPS) is 22.8. The van der Waals surface area contributed by atoms with Gasteiger partial charge in [-0.15, -0.1) is 0 Å². The number of esters is 1. The van der Waals surface area contributed by atoms with E-state index in [0.29, 0.717) is 9.49 Å². The molecule has 0 spiro atoms. The third-order valence-electron chi connectivity index (χ3n) is 3.19. The molecular weight excluding hydrogens is 361 g/mol. The van der Waals surface area contributed by atoms with Gasteiger partial charge in [0.25, 0.3) is 5.69 Å². The number of halogens is 1. The Bertz CT molecular complexity index is 474. The van der Waals surface area contributed by atoms with Gasteiger partial charge in [0.05, 0.1) is 10.5 Å². The molecule has 0 bridgehead atoms. The van der Waals surface area contributed by atoms with Crippen molar-refractivity contribution in [3.05, 3.63) is 39.9 Å². The topological polar surface area (TPSA) is 69.4 Å². The van der Waals surface area contributed by atoms with Crippen LogP contribution in [0.5, 0.6) is 0 Å². The van der Waals surface area contributed by atoms with Crippen LogP contribution < -0.4 is 0 Å². The van der Waals surface area contributed by atoms with Crippen molar-refractivity contribution in [3.63, 3.8) is 0 Å². The lowest BCUT2D eigenvalue weighted by Crippen LogP contribution is -2.30. The Labute approximate surface area is 124 Å². The summed E-state index contributed by atoms with van der Waals surface area (Å²) in [4.78, 5) is 22.0. The summed E-state index contributed by atoms with van der Waals surface area (Å²) in [6.07, 6.45) is 4.18. The van der Waals surface area contributed by atoms with E-state index in [2.05, 4.69) is 22.6 Å². The molecule has 102 valence electrons. The molecule has 2 atom stereocenters. The molecule has 0 N–H and O–H groups in total. The van der Waals surface area contributed by atoms with E-state index >= 15 is 0 Å². The SMILES string of the molecule is O=C(O[C@@H]1CCCC[C@@H]1I)c1ccc([N+](=O)[O-])cc1. The minimum absolute atomic E-state index is 0.0269. The second kappa shape index (κ2) is 6.31. The molecule has 0 heterocycles. The average molecular weight is 375 g/mol. The summed E-state index contributed by atoms with van der Waals surface area (Å²) in [5.74, 6) is -0.400. The molecule has 1 aliphatic rings. The van der Waals surface area contributed by atoms with Crippen LogP contribution in [0.15, 0.2) is 24.3 Å². The number of nitro benzene ring substituents is 1. The van der Waals surface area contributed by atoms with Crippen molar-refractivity contribution in [3.8, 4) is 0 Å². The third kappa shape index (κ3) is 3.65. The molecule has 0 aliphatic heterocycles. The number of ether oxygens (including phenoxy) is 1. The van der Waals surface area contributed by atoms with Gasteiger partial charge in [-0.25, -0.2) is 4.79 Å². The molecule has 2 rings (SSSR count). The number of alkyl halides is 1. The van der Waals surface area contributed by atoms with Gasteiger partial charge < -0.3 is 4.74 Å². The average Bonchev–Trinajstić information content (AvgIpc) is 2.41. The first-order valence-electron chi connectivity index (χ1n) is 6.17. The number of hydrogen-bond acceptors (Lipinski definition) is 4. The highest BCUT2D eigenvalue weighted by atomic mass is 127. The molecule has 0 aromatic heterocycles. The Hall–Kier alpha value is -1.18. The van der Waals surface area contributed by atoms with Gasteiger partial charge in [0.1, 0.15) is 6.10 Å². The second-order valence-electron chi connectivity index (χ2n) is 4.55. The molecule has 0 radical (unpaired) electrons. The molecule has 1 aliphatic carbocycles. The van der Waals surface area contributed by atoms with E-state index in [4.69, 9.17) is 4.74 Å².